The first kappa shape index (κ1) is 11.9. The summed E-state index contributed by atoms with van der Waals surface area (Å²) in [5, 5.41) is 0. The number of nitrogen functional groups attached to an aromatic ring is 1. The minimum Gasteiger partial charge on any atom is -0.486 e. The molecule has 0 bridgehead atoms. The van der Waals surface area contributed by atoms with Crippen molar-refractivity contribution in [1.29, 1.82) is 0 Å². The lowest BCUT2D eigenvalue weighted by Gasteiger charge is -2.09. The monoisotopic (exact) mass is 295 g/mol. The maximum absolute atomic E-state index is 13.3. The number of anilines is 1. The Morgan fingerprint density at radius 2 is 1.94 bits per heavy atom. The Kier molecular flexibility index (Phi) is 3.64. The van der Waals surface area contributed by atoms with Crippen LogP contribution in [0.3, 0.4) is 0 Å². The largest absolute Gasteiger partial charge is 0.486 e. The van der Waals surface area contributed by atoms with Crippen LogP contribution in [0.5, 0.6) is 5.75 Å². The Morgan fingerprint density at radius 1 is 1.18 bits per heavy atom. The summed E-state index contributed by atoms with van der Waals surface area (Å²) in [5.74, 6) is -0.141. The van der Waals surface area contributed by atoms with Gasteiger partial charge in [0.15, 0.2) is 11.6 Å². The highest BCUT2D eigenvalue weighted by molar-refractivity contribution is 9.10. The number of nitrogens with two attached hydrogens (primary N) is 1. The van der Waals surface area contributed by atoms with E-state index in [2.05, 4.69) is 15.9 Å². The fourth-order valence-electron chi connectivity index (χ4n) is 1.41. The lowest BCUT2D eigenvalue weighted by molar-refractivity contribution is 0.291. The molecule has 0 heterocycles. The van der Waals surface area contributed by atoms with Gasteiger partial charge in [-0.1, -0.05) is 34.1 Å². The zero-order chi connectivity index (χ0) is 12.3. The summed E-state index contributed by atoms with van der Waals surface area (Å²) in [5.41, 5.74) is 7.27. The molecule has 0 unspecified atom stereocenters. The highest BCUT2D eigenvalue weighted by atomic mass is 79.9. The van der Waals surface area contributed by atoms with Gasteiger partial charge in [-0.3, -0.25) is 0 Å². The van der Waals surface area contributed by atoms with E-state index in [0.717, 1.165) is 10.0 Å². The zero-order valence-electron chi connectivity index (χ0n) is 8.99. The van der Waals surface area contributed by atoms with E-state index in [1.165, 1.54) is 6.07 Å². The van der Waals surface area contributed by atoms with Gasteiger partial charge in [-0.15, -0.1) is 0 Å². The van der Waals surface area contributed by atoms with Gasteiger partial charge in [0.1, 0.15) is 6.61 Å². The van der Waals surface area contributed by atoms with Crippen LogP contribution in [0.25, 0.3) is 0 Å². The Hall–Kier alpha value is -1.55. The van der Waals surface area contributed by atoms with Crippen molar-refractivity contribution >= 4 is 21.6 Å². The van der Waals surface area contributed by atoms with Crippen molar-refractivity contribution in [3.63, 3.8) is 0 Å². The summed E-state index contributed by atoms with van der Waals surface area (Å²) in [6, 6.07) is 11.8. The van der Waals surface area contributed by atoms with E-state index in [1.807, 2.05) is 12.1 Å². The molecule has 2 nitrogen and oxygen atoms in total. The van der Waals surface area contributed by atoms with Gasteiger partial charge in [-0.2, -0.15) is 0 Å². The fourth-order valence-corrected chi connectivity index (χ4v) is 1.79. The maximum Gasteiger partial charge on any atom is 0.165 e. The number of ether oxygens (including phenoxy) is 1. The van der Waals surface area contributed by atoms with Crippen LogP contribution in [-0.2, 0) is 6.61 Å². The molecule has 0 radical (unpaired) electrons. The molecule has 0 aromatic heterocycles. The van der Waals surface area contributed by atoms with Crippen LogP contribution >= 0.6 is 15.9 Å². The summed E-state index contributed by atoms with van der Waals surface area (Å²) < 4.78 is 19.6. The Bertz CT molecular complexity index is 531. The first-order valence-corrected chi connectivity index (χ1v) is 5.87. The third-order valence-electron chi connectivity index (χ3n) is 2.33. The summed E-state index contributed by atoms with van der Waals surface area (Å²) in [6.45, 7) is 0.250. The van der Waals surface area contributed by atoms with Crippen LogP contribution in [-0.4, -0.2) is 0 Å². The average Bonchev–Trinajstić information content (AvgIpc) is 2.30. The molecule has 0 aliphatic rings. The van der Waals surface area contributed by atoms with Crippen molar-refractivity contribution in [2.75, 3.05) is 5.73 Å². The van der Waals surface area contributed by atoms with Crippen LogP contribution in [0.15, 0.2) is 46.9 Å². The molecule has 0 saturated heterocycles. The van der Waals surface area contributed by atoms with Gasteiger partial charge in [0.2, 0.25) is 0 Å². The van der Waals surface area contributed by atoms with E-state index in [4.69, 9.17) is 10.5 Å². The van der Waals surface area contributed by atoms with Crippen LogP contribution in [0.4, 0.5) is 10.1 Å². The standard InChI is InChI=1S/C13H11BrFNO/c14-10-6-5-9(12(16)7-10)8-17-13-4-2-1-3-11(13)15/h1-7H,8,16H2. The molecule has 0 fully saturated rings. The number of hydrogen-bond acceptors (Lipinski definition) is 2. The molecule has 2 aromatic carbocycles. The van der Waals surface area contributed by atoms with Gasteiger partial charge in [0, 0.05) is 15.7 Å². The molecule has 0 aliphatic heterocycles. The molecular formula is C13H11BrFNO. The minimum absolute atomic E-state index is 0.231. The van der Waals surface area contributed by atoms with E-state index >= 15 is 0 Å². The van der Waals surface area contributed by atoms with Gasteiger partial charge in [-0.25, -0.2) is 4.39 Å². The second kappa shape index (κ2) is 5.19. The van der Waals surface area contributed by atoms with Crippen molar-refractivity contribution in [1.82, 2.24) is 0 Å². The highest BCUT2D eigenvalue weighted by Gasteiger charge is 2.04. The molecule has 17 heavy (non-hydrogen) atoms. The molecule has 0 atom stereocenters. The average molecular weight is 296 g/mol. The predicted octanol–water partition coefficient (Wildman–Crippen LogP) is 3.75. The maximum atomic E-state index is 13.3. The summed E-state index contributed by atoms with van der Waals surface area (Å²) in [6.07, 6.45) is 0. The van der Waals surface area contributed by atoms with Gasteiger partial charge >= 0.3 is 0 Å². The summed E-state index contributed by atoms with van der Waals surface area (Å²) in [4.78, 5) is 0. The predicted molar refractivity (Wildman–Crippen MR) is 69.3 cm³/mol. The molecule has 2 rings (SSSR count). The van der Waals surface area contributed by atoms with E-state index < -0.39 is 0 Å². The smallest absolute Gasteiger partial charge is 0.165 e. The molecule has 88 valence electrons. The first-order valence-electron chi connectivity index (χ1n) is 5.08. The molecule has 0 spiro atoms. The van der Waals surface area contributed by atoms with Crippen molar-refractivity contribution in [2.45, 2.75) is 6.61 Å². The lowest BCUT2D eigenvalue weighted by atomic mass is 10.2. The number of rotatable bonds is 3. The Balaban J connectivity index is 2.10. The Labute approximate surface area is 107 Å². The minimum atomic E-state index is -0.372. The van der Waals surface area contributed by atoms with E-state index in [9.17, 15) is 4.39 Å². The molecule has 0 aliphatic carbocycles. The number of hydrogen-bond donors (Lipinski definition) is 1. The van der Waals surface area contributed by atoms with Crippen LogP contribution in [0.1, 0.15) is 5.56 Å². The van der Waals surface area contributed by atoms with Gasteiger partial charge in [0.25, 0.3) is 0 Å². The van der Waals surface area contributed by atoms with Crippen molar-refractivity contribution in [2.24, 2.45) is 0 Å². The van der Waals surface area contributed by atoms with Crippen molar-refractivity contribution in [3.8, 4) is 5.75 Å². The van der Waals surface area contributed by atoms with Crippen LogP contribution < -0.4 is 10.5 Å². The lowest BCUT2D eigenvalue weighted by Crippen LogP contribution is -2.01. The van der Waals surface area contributed by atoms with E-state index in [1.54, 1.807) is 24.3 Å². The third kappa shape index (κ3) is 2.97. The number of para-hydroxylation sites is 1. The first-order chi connectivity index (χ1) is 8.16. The molecule has 0 amide bonds. The quantitative estimate of drug-likeness (QED) is 0.875. The van der Waals surface area contributed by atoms with Crippen LogP contribution in [0, 0.1) is 5.82 Å². The molecule has 2 N–H and O–H groups in total. The SMILES string of the molecule is Nc1cc(Br)ccc1COc1ccccc1F. The van der Waals surface area contributed by atoms with E-state index in [0.29, 0.717) is 5.69 Å². The highest BCUT2D eigenvalue weighted by Crippen LogP contribution is 2.22. The third-order valence-corrected chi connectivity index (χ3v) is 2.82. The normalized spacial score (nSPS) is 10.2. The van der Waals surface area contributed by atoms with Gasteiger partial charge < -0.3 is 10.5 Å². The number of benzene rings is 2. The molecular weight excluding hydrogens is 285 g/mol. The van der Waals surface area contributed by atoms with E-state index in [-0.39, 0.29) is 18.2 Å². The van der Waals surface area contributed by atoms with Gasteiger partial charge in [0.05, 0.1) is 0 Å². The topological polar surface area (TPSA) is 35.2 Å². The van der Waals surface area contributed by atoms with Crippen molar-refractivity contribution < 1.29 is 9.13 Å². The zero-order valence-corrected chi connectivity index (χ0v) is 10.6. The molecule has 2 aromatic rings. The molecule has 0 saturated carbocycles. The number of halogens is 2. The molecule has 4 heteroatoms. The summed E-state index contributed by atoms with van der Waals surface area (Å²) in [7, 11) is 0. The Morgan fingerprint density at radius 3 is 2.65 bits per heavy atom. The second-order valence-electron chi connectivity index (χ2n) is 3.56. The van der Waals surface area contributed by atoms with Crippen molar-refractivity contribution in [3.05, 3.63) is 58.3 Å². The van der Waals surface area contributed by atoms with Crippen LogP contribution in [0.2, 0.25) is 0 Å². The second-order valence-corrected chi connectivity index (χ2v) is 4.48. The summed E-state index contributed by atoms with van der Waals surface area (Å²) >= 11 is 3.32. The van der Waals surface area contributed by atoms with Gasteiger partial charge in [-0.05, 0) is 24.3 Å². The fraction of sp³-hybridized carbons (Fsp3) is 0.0769.